The van der Waals surface area contributed by atoms with Crippen LogP contribution in [0.4, 0.5) is 5.69 Å². The van der Waals surface area contributed by atoms with E-state index >= 15 is 0 Å². The first kappa shape index (κ1) is 13.9. The number of benzene rings is 1. The fourth-order valence-corrected chi connectivity index (χ4v) is 3.13. The van der Waals surface area contributed by atoms with E-state index in [0.29, 0.717) is 11.8 Å². The molecule has 0 amide bonds. The molecule has 2 atom stereocenters. The van der Waals surface area contributed by atoms with Crippen LogP contribution in [0, 0.1) is 30.1 Å². The zero-order valence-corrected chi connectivity index (χ0v) is 12.2. The van der Waals surface area contributed by atoms with Crippen molar-refractivity contribution in [2.24, 2.45) is 11.8 Å². The Hall–Kier alpha value is -1.49. The first-order valence-corrected chi connectivity index (χ1v) is 7.31. The molecule has 0 aliphatic heterocycles. The van der Waals surface area contributed by atoms with Crippen LogP contribution in [0.2, 0.25) is 0 Å². The van der Waals surface area contributed by atoms with E-state index < -0.39 is 0 Å². The van der Waals surface area contributed by atoms with Crippen molar-refractivity contribution < 1.29 is 0 Å². The molecule has 1 N–H and O–H groups in total. The van der Waals surface area contributed by atoms with Gasteiger partial charge in [-0.25, -0.2) is 0 Å². The minimum absolute atomic E-state index is 0.374. The highest BCUT2D eigenvalue weighted by Crippen LogP contribution is 2.38. The number of nitriles is 1. The van der Waals surface area contributed by atoms with Crippen LogP contribution in [0.15, 0.2) is 24.3 Å². The Morgan fingerprint density at radius 1 is 1.42 bits per heavy atom. The lowest BCUT2D eigenvalue weighted by atomic mass is 9.72. The second-order valence-electron chi connectivity index (χ2n) is 6.29. The largest absolute Gasteiger partial charge is 0.367 e. The zero-order valence-electron chi connectivity index (χ0n) is 12.2. The van der Waals surface area contributed by atoms with E-state index in [1.54, 1.807) is 0 Å². The van der Waals surface area contributed by atoms with Gasteiger partial charge >= 0.3 is 0 Å². The molecular formula is C17H24N2. The summed E-state index contributed by atoms with van der Waals surface area (Å²) in [5.74, 6) is 1.32. The van der Waals surface area contributed by atoms with Gasteiger partial charge in [0.2, 0.25) is 0 Å². The Balaban J connectivity index is 2.17. The third kappa shape index (κ3) is 3.29. The quantitative estimate of drug-likeness (QED) is 0.863. The van der Waals surface area contributed by atoms with Gasteiger partial charge in [0, 0.05) is 5.69 Å². The average molecular weight is 256 g/mol. The molecular weight excluding hydrogens is 232 g/mol. The topological polar surface area (TPSA) is 35.8 Å². The number of nitrogens with one attached hydrogen (secondary N) is 1. The SMILES string of the molecule is Cc1cccc(NC2(C#N)CCCC(C(C)C)C2)c1. The Kier molecular flexibility index (Phi) is 4.14. The average Bonchev–Trinajstić information content (AvgIpc) is 2.39. The van der Waals surface area contributed by atoms with E-state index in [1.807, 2.05) is 6.07 Å². The molecule has 2 unspecified atom stereocenters. The molecule has 0 aromatic heterocycles. The van der Waals surface area contributed by atoms with Crippen molar-refractivity contribution in [1.29, 1.82) is 5.26 Å². The van der Waals surface area contributed by atoms with Crippen molar-refractivity contribution in [3.8, 4) is 6.07 Å². The van der Waals surface area contributed by atoms with Crippen LogP contribution in [-0.4, -0.2) is 5.54 Å². The first-order valence-electron chi connectivity index (χ1n) is 7.31. The summed E-state index contributed by atoms with van der Waals surface area (Å²) in [6.07, 6.45) is 4.33. The Morgan fingerprint density at radius 3 is 2.84 bits per heavy atom. The highest BCUT2D eigenvalue weighted by Gasteiger charge is 2.37. The lowest BCUT2D eigenvalue weighted by Gasteiger charge is -2.38. The third-order valence-corrected chi connectivity index (χ3v) is 4.35. The lowest BCUT2D eigenvalue weighted by Crippen LogP contribution is -2.42. The normalized spacial score (nSPS) is 27.0. The fourth-order valence-electron chi connectivity index (χ4n) is 3.13. The number of hydrogen-bond donors (Lipinski definition) is 1. The van der Waals surface area contributed by atoms with Crippen molar-refractivity contribution in [3.63, 3.8) is 0 Å². The Labute approximate surface area is 116 Å². The smallest absolute Gasteiger partial charge is 0.125 e. The second-order valence-corrected chi connectivity index (χ2v) is 6.29. The summed E-state index contributed by atoms with van der Waals surface area (Å²) in [6, 6.07) is 10.9. The molecule has 1 aromatic rings. The monoisotopic (exact) mass is 256 g/mol. The number of aryl methyl sites for hydroxylation is 1. The fraction of sp³-hybridized carbons (Fsp3) is 0.588. The van der Waals surface area contributed by atoms with Crippen molar-refractivity contribution in [2.75, 3.05) is 5.32 Å². The van der Waals surface area contributed by atoms with Crippen LogP contribution in [-0.2, 0) is 0 Å². The number of rotatable bonds is 3. The van der Waals surface area contributed by atoms with E-state index in [-0.39, 0.29) is 5.54 Å². The van der Waals surface area contributed by atoms with Crippen LogP contribution >= 0.6 is 0 Å². The van der Waals surface area contributed by atoms with Crippen molar-refractivity contribution in [3.05, 3.63) is 29.8 Å². The summed E-state index contributed by atoms with van der Waals surface area (Å²) in [7, 11) is 0. The molecule has 2 nitrogen and oxygen atoms in total. The van der Waals surface area contributed by atoms with Crippen LogP contribution in [0.25, 0.3) is 0 Å². The van der Waals surface area contributed by atoms with Gasteiger partial charge in [0.25, 0.3) is 0 Å². The molecule has 0 spiro atoms. The predicted molar refractivity (Wildman–Crippen MR) is 79.9 cm³/mol. The number of anilines is 1. The maximum Gasteiger partial charge on any atom is 0.125 e. The van der Waals surface area contributed by atoms with Crippen LogP contribution in [0.3, 0.4) is 0 Å². The highest BCUT2D eigenvalue weighted by molar-refractivity contribution is 5.49. The molecule has 1 fully saturated rings. The van der Waals surface area contributed by atoms with E-state index in [1.165, 1.54) is 12.0 Å². The van der Waals surface area contributed by atoms with Crippen molar-refractivity contribution in [2.45, 2.75) is 52.0 Å². The van der Waals surface area contributed by atoms with Gasteiger partial charge in [-0.1, -0.05) is 26.0 Å². The molecule has 0 saturated heterocycles. The molecule has 2 rings (SSSR count). The van der Waals surface area contributed by atoms with Crippen LogP contribution in [0.5, 0.6) is 0 Å². The van der Waals surface area contributed by atoms with Gasteiger partial charge in [-0.3, -0.25) is 0 Å². The summed E-state index contributed by atoms with van der Waals surface area (Å²) < 4.78 is 0. The standard InChI is InChI=1S/C17H24N2/c1-13(2)15-7-5-9-17(11-15,12-18)19-16-8-4-6-14(3)10-16/h4,6,8,10,13,15,19H,5,7,9,11H2,1-3H3. The molecule has 1 aliphatic rings. The van der Waals surface area contributed by atoms with E-state index in [4.69, 9.17) is 0 Å². The molecule has 1 saturated carbocycles. The Bertz CT molecular complexity index is 472. The molecule has 0 bridgehead atoms. The maximum atomic E-state index is 9.66. The predicted octanol–water partition coefficient (Wildman–Crippen LogP) is 4.52. The molecule has 2 heteroatoms. The summed E-state index contributed by atoms with van der Waals surface area (Å²) in [5, 5.41) is 13.2. The molecule has 1 aliphatic carbocycles. The number of nitrogens with zero attached hydrogens (tertiary/aromatic N) is 1. The van der Waals surface area contributed by atoms with Gasteiger partial charge in [0.15, 0.2) is 0 Å². The Morgan fingerprint density at radius 2 is 2.21 bits per heavy atom. The molecule has 0 heterocycles. The van der Waals surface area contributed by atoms with Gasteiger partial charge in [-0.05, 0) is 62.1 Å². The molecule has 102 valence electrons. The first-order chi connectivity index (χ1) is 9.04. The number of hydrogen-bond acceptors (Lipinski definition) is 2. The maximum absolute atomic E-state index is 9.66. The highest BCUT2D eigenvalue weighted by atomic mass is 15.0. The van der Waals surface area contributed by atoms with Crippen LogP contribution in [0.1, 0.15) is 45.1 Å². The van der Waals surface area contributed by atoms with Crippen molar-refractivity contribution >= 4 is 5.69 Å². The van der Waals surface area contributed by atoms with E-state index in [2.05, 4.69) is 50.4 Å². The molecule has 0 radical (unpaired) electrons. The van der Waals surface area contributed by atoms with Gasteiger partial charge in [-0.15, -0.1) is 0 Å². The summed E-state index contributed by atoms with van der Waals surface area (Å²) in [4.78, 5) is 0. The summed E-state index contributed by atoms with van der Waals surface area (Å²) in [6.45, 7) is 6.62. The van der Waals surface area contributed by atoms with E-state index in [0.717, 1.165) is 24.9 Å². The summed E-state index contributed by atoms with van der Waals surface area (Å²) in [5.41, 5.74) is 1.93. The zero-order chi connectivity index (χ0) is 13.9. The summed E-state index contributed by atoms with van der Waals surface area (Å²) >= 11 is 0. The molecule has 19 heavy (non-hydrogen) atoms. The van der Waals surface area contributed by atoms with Crippen LogP contribution < -0.4 is 5.32 Å². The van der Waals surface area contributed by atoms with E-state index in [9.17, 15) is 5.26 Å². The second kappa shape index (κ2) is 5.65. The minimum atomic E-state index is -0.374. The van der Waals surface area contributed by atoms with Gasteiger partial charge in [0.1, 0.15) is 5.54 Å². The van der Waals surface area contributed by atoms with Gasteiger partial charge in [-0.2, -0.15) is 5.26 Å². The van der Waals surface area contributed by atoms with Gasteiger partial charge in [0.05, 0.1) is 6.07 Å². The van der Waals surface area contributed by atoms with Gasteiger partial charge < -0.3 is 5.32 Å². The molecule has 1 aromatic carbocycles. The minimum Gasteiger partial charge on any atom is -0.367 e. The lowest BCUT2D eigenvalue weighted by molar-refractivity contribution is 0.232. The van der Waals surface area contributed by atoms with Crippen molar-refractivity contribution in [1.82, 2.24) is 0 Å². The third-order valence-electron chi connectivity index (χ3n) is 4.35.